The zero-order valence-corrected chi connectivity index (χ0v) is 22.8. The van der Waals surface area contributed by atoms with Crippen LogP contribution in [0.15, 0.2) is 12.3 Å². The lowest BCUT2D eigenvalue weighted by Gasteiger charge is -2.34. The number of esters is 1. The molecule has 1 saturated heterocycles. The molecular weight excluding hydrogens is 431 g/mol. The Kier molecular flexibility index (Phi) is 8.97. The molecule has 8 heteroatoms. The van der Waals surface area contributed by atoms with Gasteiger partial charge in [0.05, 0.1) is 17.8 Å². The number of ether oxygens (including phenoxy) is 1. The first kappa shape index (κ1) is 28.3. The van der Waals surface area contributed by atoms with Crippen molar-refractivity contribution in [3.05, 3.63) is 17.8 Å². The van der Waals surface area contributed by atoms with Crippen LogP contribution in [0.25, 0.3) is 0 Å². The lowest BCUT2D eigenvalue weighted by Crippen LogP contribution is -2.45. The Labute approximate surface area is 206 Å². The Bertz CT molecular complexity index is 868. The van der Waals surface area contributed by atoms with E-state index in [0.717, 1.165) is 30.3 Å². The number of anilines is 1. The van der Waals surface area contributed by atoms with Crippen molar-refractivity contribution in [3.8, 4) is 0 Å². The quantitative estimate of drug-likeness (QED) is 0.369. The number of aryl methyl sites for hydroxylation is 1. The minimum Gasteiger partial charge on any atom is -0.465 e. The molecule has 1 amide bonds. The monoisotopic (exact) mass is 474 g/mol. The van der Waals surface area contributed by atoms with Crippen LogP contribution in [0.5, 0.6) is 0 Å². The average molecular weight is 474 g/mol. The highest BCUT2D eigenvalue weighted by molar-refractivity contribution is 6.62. The van der Waals surface area contributed by atoms with Gasteiger partial charge in [-0.1, -0.05) is 40.2 Å². The summed E-state index contributed by atoms with van der Waals surface area (Å²) < 4.78 is 17.7. The summed E-state index contributed by atoms with van der Waals surface area (Å²) in [5.74, 6) is 0.262. The summed E-state index contributed by atoms with van der Waals surface area (Å²) >= 11 is 0. The highest BCUT2D eigenvalue weighted by atomic mass is 16.7. The predicted molar refractivity (Wildman–Crippen MR) is 136 cm³/mol. The smallest absolute Gasteiger partial charge is 0.465 e. The first-order chi connectivity index (χ1) is 15.6. The van der Waals surface area contributed by atoms with Crippen molar-refractivity contribution in [3.63, 3.8) is 0 Å². The van der Waals surface area contributed by atoms with Crippen molar-refractivity contribution in [2.75, 3.05) is 18.1 Å². The maximum atomic E-state index is 13.7. The second-order valence-corrected chi connectivity index (χ2v) is 11.3. The molecule has 2 heterocycles. The standard InChI is InChI=1S/C26H43BN2O5/c1-11-13-20(12-2)23(31)29(16-24(5,6)17-32-19(4)30)22-18(3)14-21(15-28-22)27-33-25(7,8)26(9,10)34-27/h14-15,20H,11-13,16-17H2,1-10H3. The maximum Gasteiger partial charge on any atom is 0.496 e. The van der Waals surface area contributed by atoms with Gasteiger partial charge in [0.25, 0.3) is 0 Å². The Balaban J connectivity index is 2.40. The SMILES string of the molecule is CCCC(CC)C(=O)N(CC(C)(C)COC(C)=O)c1ncc(B2OC(C)(C)C(C)(C)O2)cc1C. The molecule has 2 rings (SSSR count). The van der Waals surface area contributed by atoms with Gasteiger partial charge in [-0.25, -0.2) is 4.98 Å². The summed E-state index contributed by atoms with van der Waals surface area (Å²) in [6.45, 7) is 20.2. The number of amides is 1. The van der Waals surface area contributed by atoms with E-state index in [1.54, 1.807) is 11.1 Å². The van der Waals surface area contributed by atoms with Crippen LogP contribution in [0, 0.1) is 18.3 Å². The molecule has 0 radical (unpaired) electrons. The first-order valence-electron chi connectivity index (χ1n) is 12.4. The molecule has 7 nitrogen and oxygen atoms in total. The van der Waals surface area contributed by atoms with Crippen LogP contribution < -0.4 is 10.4 Å². The summed E-state index contributed by atoms with van der Waals surface area (Å²) in [4.78, 5) is 31.6. The first-order valence-corrected chi connectivity index (χ1v) is 12.4. The van der Waals surface area contributed by atoms with Gasteiger partial charge in [0.1, 0.15) is 5.82 Å². The summed E-state index contributed by atoms with van der Waals surface area (Å²) in [6, 6.07) is 1.99. The highest BCUT2D eigenvalue weighted by Crippen LogP contribution is 2.36. The number of nitrogens with zero attached hydrogens (tertiary/aromatic N) is 2. The number of carbonyl (C=O) groups is 2. The second-order valence-electron chi connectivity index (χ2n) is 11.3. The number of rotatable bonds is 10. The number of hydrogen-bond acceptors (Lipinski definition) is 6. The zero-order chi connectivity index (χ0) is 25.9. The van der Waals surface area contributed by atoms with Crippen LogP contribution in [-0.2, 0) is 23.6 Å². The summed E-state index contributed by atoms with van der Waals surface area (Å²) in [5, 5.41) is 0. The summed E-state index contributed by atoms with van der Waals surface area (Å²) in [7, 11) is -0.515. The molecule has 0 spiro atoms. The molecule has 0 N–H and O–H groups in total. The molecule has 34 heavy (non-hydrogen) atoms. The third-order valence-corrected chi connectivity index (χ3v) is 6.85. The number of hydrogen-bond donors (Lipinski definition) is 0. The van der Waals surface area contributed by atoms with Crippen LogP contribution in [0.3, 0.4) is 0 Å². The van der Waals surface area contributed by atoms with Crippen molar-refractivity contribution in [2.45, 2.75) is 99.7 Å². The van der Waals surface area contributed by atoms with Crippen LogP contribution in [-0.4, -0.2) is 48.3 Å². The minimum atomic E-state index is -0.515. The fourth-order valence-electron chi connectivity index (χ4n) is 4.08. The van der Waals surface area contributed by atoms with Crippen LogP contribution >= 0.6 is 0 Å². The number of pyridine rings is 1. The molecule has 0 aliphatic carbocycles. The second kappa shape index (κ2) is 10.8. The molecule has 0 saturated carbocycles. The van der Waals surface area contributed by atoms with Crippen LogP contribution in [0.2, 0.25) is 0 Å². The van der Waals surface area contributed by atoms with Crippen molar-refractivity contribution in [1.29, 1.82) is 0 Å². The topological polar surface area (TPSA) is 78.0 Å². The van der Waals surface area contributed by atoms with Gasteiger partial charge in [0.15, 0.2) is 0 Å². The van der Waals surface area contributed by atoms with E-state index in [0.29, 0.717) is 12.4 Å². The van der Waals surface area contributed by atoms with Gasteiger partial charge in [-0.15, -0.1) is 0 Å². The maximum absolute atomic E-state index is 13.7. The van der Waals surface area contributed by atoms with E-state index in [-0.39, 0.29) is 24.4 Å². The van der Waals surface area contributed by atoms with Crippen LogP contribution in [0.1, 0.15) is 87.1 Å². The normalized spacial score (nSPS) is 18.0. The average Bonchev–Trinajstić information content (AvgIpc) is 2.95. The van der Waals surface area contributed by atoms with E-state index in [9.17, 15) is 9.59 Å². The molecule has 1 aliphatic heterocycles. The fraction of sp³-hybridized carbons (Fsp3) is 0.731. The molecule has 190 valence electrons. The highest BCUT2D eigenvalue weighted by Gasteiger charge is 2.52. The summed E-state index contributed by atoms with van der Waals surface area (Å²) in [6.07, 6.45) is 4.26. The molecule has 1 aromatic heterocycles. The molecule has 1 atom stereocenters. The van der Waals surface area contributed by atoms with E-state index in [1.165, 1.54) is 6.92 Å². The van der Waals surface area contributed by atoms with E-state index in [1.807, 2.05) is 61.5 Å². The molecule has 0 aromatic carbocycles. The molecule has 1 unspecified atom stereocenters. The molecular formula is C26H43BN2O5. The third-order valence-electron chi connectivity index (χ3n) is 6.85. The van der Waals surface area contributed by atoms with E-state index < -0.39 is 23.7 Å². The third kappa shape index (κ3) is 6.60. The molecule has 1 aromatic rings. The van der Waals surface area contributed by atoms with Gasteiger partial charge < -0.3 is 14.0 Å². The zero-order valence-electron chi connectivity index (χ0n) is 22.8. The lowest BCUT2D eigenvalue weighted by atomic mass is 9.79. The van der Waals surface area contributed by atoms with E-state index in [4.69, 9.17) is 19.0 Å². The Morgan fingerprint density at radius 2 is 1.76 bits per heavy atom. The van der Waals surface area contributed by atoms with Crippen molar-refractivity contribution in [2.24, 2.45) is 11.3 Å². The van der Waals surface area contributed by atoms with Gasteiger partial charge in [0, 0.05) is 36.5 Å². The Morgan fingerprint density at radius 3 is 2.24 bits per heavy atom. The van der Waals surface area contributed by atoms with E-state index in [2.05, 4.69) is 6.92 Å². The van der Waals surface area contributed by atoms with Gasteiger partial charge in [-0.2, -0.15) is 0 Å². The molecule has 0 bridgehead atoms. The van der Waals surface area contributed by atoms with Crippen LogP contribution in [0.4, 0.5) is 5.82 Å². The minimum absolute atomic E-state index is 0.0548. The predicted octanol–water partition coefficient (Wildman–Crippen LogP) is 4.44. The van der Waals surface area contributed by atoms with Crippen molar-refractivity contribution in [1.82, 2.24) is 4.98 Å². The lowest BCUT2D eigenvalue weighted by molar-refractivity contribution is -0.143. The number of aromatic nitrogens is 1. The molecule has 1 aliphatic rings. The fourth-order valence-corrected chi connectivity index (χ4v) is 4.08. The van der Waals surface area contributed by atoms with Crippen molar-refractivity contribution >= 4 is 30.3 Å². The van der Waals surface area contributed by atoms with Gasteiger partial charge in [-0.05, 0) is 53.0 Å². The molecule has 1 fully saturated rings. The number of carbonyl (C=O) groups excluding carboxylic acids is 2. The Hall–Kier alpha value is -1.93. The van der Waals surface area contributed by atoms with Gasteiger partial charge in [0.2, 0.25) is 5.91 Å². The summed E-state index contributed by atoms with van der Waals surface area (Å²) in [5.41, 5.74) is 0.370. The van der Waals surface area contributed by atoms with Gasteiger partial charge >= 0.3 is 13.1 Å². The van der Waals surface area contributed by atoms with Gasteiger partial charge in [-0.3, -0.25) is 14.5 Å². The van der Waals surface area contributed by atoms with Crippen molar-refractivity contribution < 1.29 is 23.6 Å². The Morgan fingerprint density at radius 1 is 1.18 bits per heavy atom. The van der Waals surface area contributed by atoms with E-state index >= 15 is 0 Å². The largest absolute Gasteiger partial charge is 0.496 e.